The minimum Gasteiger partial charge on any atom is -0.345 e. The number of nitrogens with one attached hydrogen (secondary N) is 3. The number of carbonyl (C=O) groups is 4. The Morgan fingerprint density at radius 1 is 1.12 bits per heavy atom. The fourth-order valence-electron chi connectivity index (χ4n) is 2.62. The first-order valence-corrected chi connectivity index (χ1v) is 8.31. The topological polar surface area (TPSA) is 108 Å². The Hall–Kier alpha value is -2.90. The van der Waals surface area contributed by atoms with Gasteiger partial charge in [-0.3, -0.25) is 30.0 Å². The second kappa shape index (κ2) is 7.33. The number of hydrogen-bond acceptors (Lipinski definition) is 4. The first kappa shape index (κ1) is 16.9. The fourth-order valence-corrected chi connectivity index (χ4v) is 2.62. The predicted molar refractivity (Wildman–Crippen MR) is 87.9 cm³/mol. The third-order valence-electron chi connectivity index (χ3n) is 4.14. The molecule has 1 aromatic rings. The van der Waals surface area contributed by atoms with Crippen LogP contribution in [-0.2, 0) is 20.9 Å². The van der Waals surface area contributed by atoms with Crippen molar-refractivity contribution in [2.24, 2.45) is 0 Å². The Balaban J connectivity index is 1.52. The number of carbonyl (C=O) groups excluding carboxylic acids is 4. The lowest BCUT2D eigenvalue weighted by atomic mass is 10.1. The van der Waals surface area contributed by atoms with Gasteiger partial charge in [0.25, 0.3) is 5.91 Å². The second-order valence-corrected chi connectivity index (χ2v) is 6.28. The molecule has 8 nitrogen and oxygen atoms in total. The summed E-state index contributed by atoms with van der Waals surface area (Å²) in [6.45, 7) is 1.18. The molecule has 132 valence electrons. The van der Waals surface area contributed by atoms with Crippen molar-refractivity contribution in [3.63, 3.8) is 0 Å². The number of hydrogen-bond donors (Lipinski definition) is 3. The van der Waals surface area contributed by atoms with Crippen molar-refractivity contribution in [2.75, 3.05) is 6.54 Å². The Morgan fingerprint density at radius 2 is 1.92 bits per heavy atom. The number of rotatable bonds is 4. The van der Waals surface area contributed by atoms with Crippen molar-refractivity contribution >= 4 is 23.6 Å². The highest BCUT2D eigenvalue weighted by atomic mass is 16.2. The van der Waals surface area contributed by atoms with Gasteiger partial charge in [0, 0.05) is 31.1 Å². The largest absolute Gasteiger partial charge is 0.345 e. The monoisotopic (exact) mass is 344 g/mol. The molecule has 0 aromatic heterocycles. The molecule has 8 heteroatoms. The quantitative estimate of drug-likeness (QED) is 0.521. The number of hydrazine groups is 1. The lowest BCUT2D eigenvalue weighted by molar-refractivity contribution is -0.139. The summed E-state index contributed by atoms with van der Waals surface area (Å²) < 4.78 is 0. The third kappa shape index (κ3) is 4.56. The van der Waals surface area contributed by atoms with Gasteiger partial charge in [-0.1, -0.05) is 12.1 Å². The van der Waals surface area contributed by atoms with Crippen LogP contribution >= 0.6 is 0 Å². The lowest BCUT2D eigenvalue weighted by Gasteiger charge is -2.16. The van der Waals surface area contributed by atoms with Gasteiger partial charge in [0.1, 0.15) is 0 Å². The Bertz CT molecular complexity index is 714. The zero-order chi connectivity index (χ0) is 17.8. The minimum absolute atomic E-state index is 0.0685. The van der Waals surface area contributed by atoms with Crippen LogP contribution in [-0.4, -0.2) is 41.1 Å². The van der Waals surface area contributed by atoms with E-state index in [0.717, 1.165) is 31.4 Å². The van der Waals surface area contributed by atoms with Crippen LogP contribution in [0.15, 0.2) is 24.3 Å². The van der Waals surface area contributed by atoms with Crippen LogP contribution in [0.4, 0.5) is 0 Å². The van der Waals surface area contributed by atoms with Gasteiger partial charge in [0.05, 0.1) is 0 Å². The fraction of sp³-hybridized carbons (Fsp3) is 0.412. The molecule has 1 aliphatic heterocycles. The first-order chi connectivity index (χ1) is 12.0. The molecular formula is C17H20N4O4. The molecular weight excluding hydrogens is 324 g/mol. The highest BCUT2D eigenvalue weighted by Crippen LogP contribution is 2.18. The van der Waals surface area contributed by atoms with Crippen LogP contribution in [0.1, 0.15) is 41.6 Å². The molecule has 1 aromatic carbocycles. The molecule has 1 saturated carbocycles. The van der Waals surface area contributed by atoms with Crippen molar-refractivity contribution < 1.29 is 19.2 Å². The van der Waals surface area contributed by atoms with E-state index in [0.29, 0.717) is 18.5 Å². The maximum atomic E-state index is 12.1. The normalized spacial score (nSPS) is 16.5. The summed E-state index contributed by atoms with van der Waals surface area (Å²) in [6, 6.07) is 6.88. The van der Waals surface area contributed by atoms with Gasteiger partial charge in [0.15, 0.2) is 0 Å². The molecule has 3 rings (SSSR count). The van der Waals surface area contributed by atoms with Crippen LogP contribution in [0.3, 0.4) is 0 Å². The molecule has 1 saturated heterocycles. The van der Waals surface area contributed by atoms with E-state index in [1.807, 2.05) is 6.07 Å². The molecule has 0 radical (unpaired) electrons. The Morgan fingerprint density at radius 3 is 2.60 bits per heavy atom. The molecule has 3 N–H and O–H groups in total. The molecule has 0 atom stereocenters. The predicted octanol–water partition coefficient (Wildman–Crippen LogP) is -0.151. The van der Waals surface area contributed by atoms with Crippen LogP contribution in [0, 0.1) is 0 Å². The van der Waals surface area contributed by atoms with Gasteiger partial charge < -0.3 is 10.2 Å². The van der Waals surface area contributed by atoms with E-state index in [1.54, 1.807) is 23.1 Å². The van der Waals surface area contributed by atoms with E-state index in [9.17, 15) is 19.2 Å². The summed E-state index contributed by atoms with van der Waals surface area (Å²) in [7, 11) is 0. The van der Waals surface area contributed by atoms with Crippen LogP contribution in [0.25, 0.3) is 0 Å². The third-order valence-corrected chi connectivity index (χ3v) is 4.14. The molecule has 1 aliphatic carbocycles. The van der Waals surface area contributed by atoms with Gasteiger partial charge in [0.2, 0.25) is 5.91 Å². The van der Waals surface area contributed by atoms with E-state index in [1.165, 1.54) is 0 Å². The number of amides is 4. The molecule has 0 bridgehead atoms. The molecule has 4 amide bonds. The summed E-state index contributed by atoms with van der Waals surface area (Å²) >= 11 is 0. The molecule has 0 unspecified atom stereocenters. The minimum atomic E-state index is -0.904. The second-order valence-electron chi connectivity index (χ2n) is 6.28. The molecule has 1 heterocycles. The van der Waals surface area contributed by atoms with Crippen LogP contribution < -0.4 is 16.2 Å². The summed E-state index contributed by atoms with van der Waals surface area (Å²) in [4.78, 5) is 48.7. The number of likely N-dealkylation sites (tertiary alicyclic amines) is 1. The lowest BCUT2D eigenvalue weighted by Crippen LogP contribution is -2.49. The zero-order valence-corrected chi connectivity index (χ0v) is 13.7. The highest BCUT2D eigenvalue weighted by molar-refractivity contribution is 6.35. The Kier molecular flexibility index (Phi) is 4.97. The summed E-state index contributed by atoms with van der Waals surface area (Å²) in [6.07, 6.45) is 3.17. The van der Waals surface area contributed by atoms with E-state index in [2.05, 4.69) is 16.2 Å². The van der Waals surface area contributed by atoms with E-state index in [4.69, 9.17) is 0 Å². The average molecular weight is 344 g/mol. The summed E-state index contributed by atoms with van der Waals surface area (Å²) in [5, 5.41) is 2.53. The van der Waals surface area contributed by atoms with Crippen molar-refractivity contribution in [2.45, 2.75) is 38.3 Å². The SMILES string of the molecule is O=C(NNC(=O)c1cccc(CN2CCCC2=O)c1)C(=O)NC1CC1. The molecule has 25 heavy (non-hydrogen) atoms. The van der Waals surface area contributed by atoms with E-state index < -0.39 is 17.7 Å². The van der Waals surface area contributed by atoms with Crippen molar-refractivity contribution in [1.29, 1.82) is 0 Å². The van der Waals surface area contributed by atoms with Gasteiger partial charge >= 0.3 is 11.8 Å². The highest BCUT2D eigenvalue weighted by Gasteiger charge is 2.26. The van der Waals surface area contributed by atoms with Crippen LogP contribution in [0.2, 0.25) is 0 Å². The molecule has 2 fully saturated rings. The Labute approximate surface area is 144 Å². The maximum Gasteiger partial charge on any atom is 0.327 e. The van der Waals surface area contributed by atoms with E-state index in [-0.39, 0.29) is 11.9 Å². The van der Waals surface area contributed by atoms with Gasteiger partial charge in [-0.2, -0.15) is 0 Å². The van der Waals surface area contributed by atoms with E-state index >= 15 is 0 Å². The first-order valence-electron chi connectivity index (χ1n) is 8.31. The molecule has 0 spiro atoms. The zero-order valence-electron chi connectivity index (χ0n) is 13.7. The van der Waals surface area contributed by atoms with Gasteiger partial charge in [-0.05, 0) is 37.0 Å². The van der Waals surface area contributed by atoms with Crippen molar-refractivity contribution in [3.05, 3.63) is 35.4 Å². The van der Waals surface area contributed by atoms with Crippen molar-refractivity contribution in [3.8, 4) is 0 Å². The van der Waals surface area contributed by atoms with Gasteiger partial charge in [-0.15, -0.1) is 0 Å². The average Bonchev–Trinajstić information content (AvgIpc) is 3.34. The maximum absolute atomic E-state index is 12.1. The number of nitrogens with zero attached hydrogens (tertiary/aromatic N) is 1. The van der Waals surface area contributed by atoms with Gasteiger partial charge in [-0.25, -0.2) is 0 Å². The van der Waals surface area contributed by atoms with Crippen molar-refractivity contribution in [1.82, 2.24) is 21.1 Å². The summed E-state index contributed by atoms with van der Waals surface area (Å²) in [5.41, 5.74) is 5.50. The smallest absolute Gasteiger partial charge is 0.327 e. The molecule has 2 aliphatic rings. The summed E-state index contributed by atoms with van der Waals surface area (Å²) in [5.74, 6) is -2.07. The van der Waals surface area contributed by atoms with Crippen LogP contribution in [0.5, 0.6) is 0 Å². The standard InChI is InChI=1S/C17H20N4O4/c22-14-5-2-8-21(14)10-11-3-1-4-12(9-11)15(23)19-20-17(25)16(24)18-13-6-7-13/h1,3-4,9,13H,2,5-8,10H2,(H,18,24)(H,19,23)(H,20,25). The number of benzene rings is 1.